The Morgan fingerprint density at radius 3 is 2.56 bits per heavy atom. The van der Waals surface area contributed by atoms with Crippen molar-refractivity contribution in [3.63, 3.8) is 0 Å². The summed E-state index contributed by atoms with van der Waals surface area (Å²) in [4.78, 5) is 37.2. The van der Waals surface area contributed by atoms with Gasteiger partial charge < -0.3 is 15.4 Å². The summed E-state index contributed by atoms with van der Waals surface area (Å²) in [5.74, 6) is -0.292. The second kappa shape index (κ2) is 7.69. The molecule has 0 aliphatic rings. The second-order valence-electron chi connectivity index (χ2n) is 5.72. The Balaban J connectivity index is 1.94. The third-order valence-corrected chi connectivity index (χ3v) is 3.96. The van der Waals surface area contributed by atoms with Crippen LogP contribution in [0.25, 0.3) is 10.8 Å². The van der Waals surface area contributed by atoms with E-state index >= 15 is 0 Å². The molecular formula is C19H18N4O4. The average Bonchev–Trinajstić information content (AvgIpc) is 2.69. The van der Waals surface area contributed by atoms with Gasteiger partial charge in [0.05, 0.1) is 12.5 Å². The van der Waals surface area contributed by atoms with Crippen LogP contribution in [-0.4, -0.2) is 35.8 Å². The predicted octanol–water partition coefficient (Wildman–Crippen LogP) is 1.40. The number of amides is 2. The van der Waals surface area contributed by atoms with Crippen molar-refractivity contribution >= 4 is 28.3 Å². The molecule has 138 valence electrons. The molecule has 0 atom stereocenters. The fourth-order valence-electron chi connectivity index (χ4n) is 2.67. The first kappa shape index (κ1) is 18.1. The monoisotopic (exact) mass is 366 g/mol. The van der Waals surface area contributed by atoms with Gasteiger partial charge in [0, 0.05) is 24.2 Å². The van der Waals surface area contributed by atoms with Crippen molar-refractivity contribution in [1.82, 2.24) is 15.1 Å². The van der Waals surface area contributed by atoms with E-state index in [2.05, 4.69) is 15.7 Å². The smallest absolute Gasteiger partial charge is 0.275 e. The quantitative estimate of drug-likeness (QED) is 0.711. The first-order valence-corrected chi connectivity index (χ1v) is 8.19. The number of hydrogen-bond acceptors (Lipinski definition) is 5. The number of nitrogens with zero attached hydrogens (tertiary/aromatic N) is 2. The maximum absolute atomic E-state index is 12.6. The zero-order valence-electron chi connectivity index (χ0n) is 14.9. The van der Waals surface area contributed by atoms with Crippen molar-refractivity contribution in [2.75, 3.05) is 19.5 Å². The van der Waals surface area contributed by atoms with E-state index < -0.39 is 17.4 Å². The van der Waals surface area contributed by atoms with Crippen LogP contribution >= 0.6 is 0 Å². The number of ether oxygens (including phenoxy) is 1. The van der Waals surface area contributed by atoms with Gasteiger partial charge in [0.2, 0.25) is 5.91 Å². The van der Waals surface area contributed by atoms with Gasteiger partial charge >= 0.3 is 0 Å². The molecule has 0 saturated carbocycles. The number of anilines is 1. The summed E-state index contributed by atoms with van der Waals surface area (Å²) in [6, 6.07) is 13.5. The fraction of sp³-hybridized carbons (Fsp3) is 0.158. The van der Waals surface area contributed by atoms with Crippen molar-refractivity contribution in [1.29, 1.82) is 0 Å². The van der Waals surface area contributed by atoms with Crippen molar-refractivity contribution in [2.24, 2.45) is 0 Å². The summed E-state index contributed by atoms with van der Waals surface area (Å²) >= 11 is 0. The SMILES string of the molecule is CNC(=O)c1nn(CC(=O)Nc2cccc(OC)c2)c(=O)c2ccccc12. The molecule has 1 heterocycles. The molecule has 2 amide bonds. The van der Waals surface area contributed by atoms with E-state index in [0.29, 0.717) is 22.2 Å². The number of rotatable bonds is 5. The Bertz CT molecular complexity index is 1070. The number of benzene rings is 2. The first-order valence-electron chi connectivity index (χ1n) is 8.19. The molecule has 0 unspecified atom stereocenters. The highest BCUT2D eigenvalue weighted by Crippen LogP contribution is 2.17. The normalized spacial score (nSPS) is 10.4. The van der Waals surface area contributed by atoms with Crippen LogP contribution in [-0.2, 0) is 11.3 Å². The minimum Gasteiger partial charge on any atom is -0.497 e. The van der Waals surface area contributed by atoms with E-state index in [1.807, 2.05) is 0 Å². The predicted molar refractivity (Wildman–Crippen MR) is 101 cm³/mol. The zero-order chi connectivity index (χ0) is 19.4. The molecule has 0 radical (unpaired) electrons. The van der Waals surface area contributed by atoms with Gasteiger partial charge in [0.15, 0.2) is 5.69 Å². The second-order valence-corrected chi connectivity index (χ2v) is 5.72. The summed E-state index contributed by atoms with van der Waals surface area (Å²) in [6.45, 7) is -0.329. The molecule has 2 aromatic carbocycles. The number of methoxy groups -OCH3 is 1. The van der Waals surface area contributed by atoms with Crippen LogP contribution in [0.15, 0.2) is 53.3 Å². The molecule has 1 aromatic heterocycles. The van der Waals surface area contributed by atoms with E-state index in [4.69, 9.17) is 4.74 Å². The molecule has 2 N–H and O–H groups in total. The van der Waals surface area contributed by atoms with Crippen LogP contribution in [0.3, 0.4) is 0 Å². The van der Waals surface area contributed by atoms with E-state index in [-0.39, 0.29) is 12.2 Å². The molecule has 8 nitrogen and oxygen atoms in total. The molecule has 0 saturated heterocycles. The maximum Gasteiger partial charge on any atom is 0.275 e. The highest BCUT2D eigenvalue weighted by atomic mass is 16.5. The van der Waals surface area contributed by atoms with Gasteiger partial charge in [-0.1, -0.05) is 24.3 Å². The van der Waals surface area contributed by atoms with Gasteiger partial charge in [0.1, 0.15) is 12.3 Å². The van der Waals surface area contributed by atoms with E-state index in [0.717, 1.165) is 4.68 Å². The number of hydrogen-bond donors (Lipinski definition) is 2. The Kier molecular flexibility index (Phi) is 5.16. The molecule has 0 spiro atoms. The number of fused-ring (bicyclic) bond motifs is 1. The van der Waals surface area contributed by atoms with Crippen LogP contribution < -0.4 is 20.9 Å². The third kappa shape index (κ3) is 3.79. The van der Waals surface area contributed by atoms with Crippen LogP contribution in [0.5, 0.6) is 5.75 Å². The Morgan fingerprint density at radius 2 is 1.85 bits per heavy atom. The van der Waals surface area contributed by atoms with Crippen LogP contribution in [0, 0.1) is 0 Å². The Morgan fingerprint density at radius 1 is 1.11 bits per heavy atom. The lowest BCUT2D eigenvalue weighted by atomic mass is 10.1. The van der Waals surface area contributed by atoms with Crippen LogP contribution in [0.2, 0.25) is 0 Å². The molecule has 0 aliphatic heterocycles. The van der Waals surface area contributed by atoms with Gasteiger partial charge in [-0.2, -0.15) is 5.10 Å². The van der Waals surface area contributed by atoms with Gasteiger partial charge in [0.25, 0.3) is 11.5 Å². The summed E-state index contributed by atoms with van der Waals surface area (Å²) in [5, 5.41) is 10.0. The van der Waals surface area contributed by atoms with Crippen molar-refractivity contribution in [3.8, 4) is 5.75 Å². The van der Waals surface area contributed by atoms with Crippen molar-refractivity contribution < 1.29 is 14.3 Å². The minimum atomic E-state index is -0.448. The maximum atomic E-state index is 12.6. The van der Waals surface area contributed by atoms with Gasteiger partial charge in [-0.25, -0.2) is 4.68 Å². The first-order chi connectivity index (χ1) is 13.0. The van der Waals surface area contributed by atoms with Crippen molar-refractivity contribution in [3.05, 3.63) is 64.6 Å². The lowest BCUT2D eigenvalue weighted by Gasteiger charge is -2.11. The molecule has 3 rings (SSSR count). The Hall–Kier alpha value is -3.68. The van der Waals surface area contributed by atoms with Crippen LogP contribution in [0.1, 0.15) is 10.5 Å². The number of nitrogens with one attached hydrogen (secondary N) is 2. The molecule has 0 aliphatic carbocycles. The Labute approximate surface area is 154 Å². The summed E-state index contributed by atoms with van der Waals surface area (Å²) in [6.07, 6.45) is 0. The molecule has 27 heavy (non-hydrogen) atoms. The minimum absolute atomic E-state index is 0.0851. The fourth-order valence-corrected chi connectivity index (χ4v) is 2.67. The van der Waals surface area contributed by atoms with Crippen LogP contribution in [0.4, 0.5) is 5.69 Å². The molecular weight excluding hydrogens is 348 g/mol. The summed E-state index contributed by atoms with van der Waals surface area (Å²) < 4.78 is 6.10. The average molecular weight is 366 g/mol. The number of carbonyl (C=O) groups is 2. The van der Waals surface area contributed by atoms with E-state index in [1.54, 1.807) is 48.5 Å². The lowest BCUT2D eigenvalue weighted by Crippen LogP contribution is -2.33. The summed E-state index contributed by atoms with van der Waals surface area (Å²) in [5.41, 5.74) is 0.167. The highest BCUT2D eigenvalue weighted by molar-refractivity contribution is 6.04. The number of carbonyl (C=O) groups excluding carboxylic acids is 2. The summed E-state index contributed by atoms with van der Waals surface area (Å²) in [7, 11) is 3.00. The van der Waals surface area contributed by atoms with E-state index in [1.165, 1.54) is 14.2 Å². The van der Waals surface area contributed by atoms with Crippen molar-refractivity contribution in [2.45, 2.75) is 6.54 Å². The number of aromatic nitrogens is 2. The molecule has 8 heteroatoms. The largest absolute Gasteiger partial charge is 0.497 e. The molecule has 3 aromatic rings. The topological polar surface area (TPSA) is 102 Å². The van der Waals surface area contributed by atoms with E-state index in [9.17, 15) is 14.4 Å². The molecule has 0 fully saturated rings. The van der Waals surface area contributed by atoms with Gasteiger partial charge in [-0.3, -0.25) is 14.4 Å². The zero-order valence-corrected chi connectivity index (χ0v) is 14.9. The van der Waals surface area contributed by atoms with Gasteiger partial charge in [-0.15, -0.1) is 0 Å². The standard InChI is InChI=1S/C19H18N4O4/c1-20-18(25)17-14-8-3-4-9-15(14)19(26)23(22-17)11-16(24)21-12-6-5-7-13(10-12)27-2/h3-10H,11H2,1-2H3,(H,20,25)(H,21,24). The highest BCUT2D eigenvalue weighted by Gasteiger charge is 2.17. The third-order valence-electron chi connectivity index (χ3n) is 3.96. The van der Waals surface area contributed by atoms with Gasteiger partial charge in [-0.05, 0) is 18.2 Å². The molecule has 0 bridgehead atoms. The lowest BCUT2D eigenvalue weighted by molar-refractivity contribution is -0.117.